The second-order valence-electron chi connectivity index (χ2n) is 8.25. The molecule has 3 aromatic rings. The number of ether oxygens (including phenoxy) is 1. The normalized spacial score (nSPS) is 15.8. The van der Waals surface area contributed by atoms with Crippen LogP contribution in [-0.4, -0.2) is 51.6 Å². The fraction of sp³-hybridized carbons (Fsp3) is 0.320. The van der Waals surface area contributed by atoms with Gasteiger partial charge in [-0.25, -0.2) is 19.3 Å². The third kappa shape index (κ3) is 5.56. The standard InChI is InChI=1S/C25H28FN5O4/c1-14-24-21(30-25(27)28-14)10-15(11-22(24)31-35-9-8-17(33)13-32)18-7-6-16(26)12-19(18)20-4-3-5-23(29-20)34-2/h3-7,11-12,15,17,31-33H,8-10,13H2,1-2H3,(H2,27,28,30)/t15-,17-/m0/s1. The Labute approximate surface area is 202 Å². The van der Waals surface area contributed by atoms with Crippen LogP contribution in [-0.2, 0) is 11.3 Å². The highest BCUT2D eigenvalue weighted by atomic mass is 19.1. The number of hydrogen-bond donors (Lipinski definition) is 4. The van der Waals surface area contributed by atoms with Crippen LogP contribution < -0.4 is 16.0 Å². The summed E-state index contributed by atoms with van der Waals surface area (Å²) in [4.78, 5) is 18.8. The first kappa shape index (κ1) is 24.5. The van der Waals surface area contributed by atoms with Crippen molar-refractivity contribution in [3.8, 4) is 17.1 Å². The largest absolute Gasteiger partial charge is 0.481 e. The smallest absolute Gasteiger partial charge is 0.220 e. The van der Waals surface area contributed by atoms with Gasteiger partial charge in [-0.15, -0.1) is 0 Å². The molecule has 1 aliphatic carbocycles. The molecule has 0 saturated carbocycles. The molecule has 0 bridgehead atoms. The molecule has 0 spiro atoms. The van der Waals surface area contributed by atoms with Crippen molar-refractivity contribution in [1.82, 2.24) is 20.4 Å². The number of fused-ring (bicyclic) bond motifs is 1. The molecule has 35 heavy (non-hydrogen) atoms. The number of hydroxylamine groups is 1. The summed E-state index contributed by atoms with van der Waals surface area (Å²) in [5, 5.41) is 18.6. The van der Waals surface area contributed by atoms with Crippen LogP contribution in [0.5, 0.6) is 5.88 Å². The topological polar surface area (TPSA) is 136 Å². The van der Waals surface area contributed by atoms with Gasteiger partial charge in [0, 0.05) is 36.0 Å². The number of aliphatic hydroxyl groups excluding tert-OH is 2. The van der Waals surface area contributed by atoms with Gasteiger partial charge in [0.1, 0.15) is 5.82 Å². The van der Waals surface area contributed by atoms with Crippen molar-refractivity contribution in [2.24, 2.45) is 0 Å². The molecule has 0 fully saturated rings. The molecule has 5 N–H and O–H groups in total. The molecule has 1 aliphatic rings. The Balaban J connectivity index is 1.73. The van der Waals surface area contributed by atoms with Crippen molar-refractivity contribution in [2.45, 2.75) is 31.8 Å². The van der Waals surface area contributed by atoms with E-state index in [2.05, 4.69) is 20.4 Å². The van der Waals surface area contributed by atoms with Gasteiger partial charge in [0.25, 0.3) is 0 Å². The minimum absolute atomic E-state index is 0.169. The molecular weight excluding hydrogens is 453 g/mol. The zero-order valence-corrected chi connectivity index (χ0v) is 19.5. The van der Waals surface area contributed by atoms with Crippen molar-refractivity contribution in [3.63, 3.8) is 0 Å². The number of nitrogens with two attached hydrogens (primary N) is 1. The van der Waals surface area contributed by atoms with E-state index in [1.54, 1.807) is 24.3 Å². The minimum Gasteiger partial charge on any atom is -0.481 e. The number of allylic oxidation sites excluding steroid dienone is 1. The average molecular weight is 482 g/mol. The Morgan fingerprint density at radius 3 is 2.83 bits per heavy atom. The number of benzene rings is 1. The summed E-state index contributed by atoms with van der Waals surface area (Å²) >= 11 is 0. The van der Waals surface area contributed by atoms with E-state index >= 15 is 0 Å². The van der Waals surface area contributed by atoms with E-state index in [-0.39, 0.29) is 37.3 Å². The van der Waals surface area contributed by atoms with Crippen LogP contribution in [0.25, 0.3) is 17.0 Å². The van der Waals surface area contributed by atoms with Gasteiger partial charge in [0.15, 0.2) is 0 Å². The van der Waals surface area contributed by atoms with Gasteiger partial charge in [-0.1, -0.05) is 18.2 Å². The molecule has 10 heteroatoms. The van der Waals surface area contributed by atoms with Crippen molar-refractivity contribution in [1.29, 1.82) is 0 Å². The van der Waals surface area contributed by atoms with Crippen molar-refractivity contribution in [3.05, 3.63) is 70.8 Å². The highest BCUT2D eigenvalue weighted by molar-refractivity contribution is 5.73. The quantitative estimate of drug-likeness (QED) is 0.268. The van der Waals surface area contributed by atoms with E-state index in [4.69, 9.17) is 20.4 Å². The zero-order chi connectivity index (χ0) is 24.9. The summed E-state index contributed by atoms with van der Waals surface area (Å²) in [6.45, 7) is 1.67. The number of aliphatic hydroxyl groups is 2. The van der Waals surface area contributed by atoms with Gasteiger partial charge in [-0.3, -0.25) is 10.3 Å². The SMILES string of the molecule is COc1cccc(-c2cc(F)ccc2[C@@H]2C=C(NOCC[C@H](O)CO)c3c(C)nc(N)nc3C2)n1. The number of hydrogen-bond acceptors (Lipinski definition) is 9. The van der Waals surface area contributed by atoms with Crippen LogP contribution >= 0.6 is 0 Å². The molecule has 4 rings (SSSR count). The molecule has 0 saturated heterocycles. The monoisotopic (exact) mass is 481 g/mol. The second-order valence-corrected chi connectivity index (χ2v) is 8.25. The van der Waals surface area contributed by atoms with Crippen LogP contribution in [0.4, 0.5) is 10.3 Å². The highest BCUT2D eigenvalue weighted by Crippen LogP contribution is 2.38. The van der Waals surface area contributed by atoms with E-state index < -0.39 is 6.10 Å². The van der Waals surface area contributed by atoms with Gasteiger partial charge in [-0.05, 0) is 30.7 Å². The molecule has 9 nitrogen and oxygen atoms in total. The summed E-state index contributed by atoms with van der Waals surface area (Å²) in [7, 11) is 1.53. The molecule has 0 amide bonds. The molecule has 0 radical (unpaired) electrons. The highest BCUT2D eigenvalue weighted by Gasteiger charge is 2.27. The van der Waals surface area contributed by atoms with Gasteiger partial charge in [0.05, 0.1) is 49.2 Å². The van der Waals surface area contributed by atoms with E-state index in [0.29, 0.717) is 34.9 Å². The third-order valence-electron chi connectivity index (χ3n) is 5.80. The molecular formula is C25H28FN5O4. The maximum Gasteiger partial charge on any atom is 0.220 e. The van der Waals surface area contributed by atoms with Crippen LogP contribution in [0.3, 0.4) is 0 Å². The zero-order valence-electron chi connectivity index (χ0n) is 19.5. The minimum atomic E-state index is -0.862. The summed E-state index contributed by atoms with van der Waals surface area (Å²) in [6, 6.07) is 9.96. The average Bonchev–Trinajstić information content (AvgIpc) is 2.85. The number of nitrogen functional groups attached to an aromatic ring is 1. The first-order valence-corrected chi connectivity index (χ1v) is 11.2. The second kappa shape index (κ2) is 10.8. The molecule has 2 heterocycles. The summed E-state index contributed by atoms with van der Waals surface area (Å²) in [6.07, 6.45) is 1.89. The summed E-state index contributed by atoms with van der Waals surface area (Å²) in [5.41, 5.74) is 13.8. The number of nitrogens with zero attached hydrogens (tertiary/aromatic N) is 3. The van der Waals surface area contributed by atoms with E-state index in [1.807, 2.05) is 13.0 Å². The fourth-order valence-electron chi connectivity index (χ4n) is 4.16. The maximum absolute atomic E-state index is 14.3. The summed E-state index contributed by atoms with van der Waals surface area (Å²) in [5.74, 6) is 0.0234. The fourth-order valence-corrected chi connectivity index (χ4v) is 4.16. The first-order chi connectivity index (χ1) is 16.9. The molecule has 2 aromatic heterocycles. The predicted molar refractivity (Wildman–Crippen MR) is 129 cm³/mol. The number of pyridine rings is 1. The lowest BCUT2D eigenvalue weighted by Gasteiger charge is -2.27. The molecule has 0 aliphatic heterocycles. The maximum atomic E-state index is 14.3. The molecule has 1 aromatic carbocycles. The predicted octanol–water partition coefficient (Wildman–Crippen LogP) is 2.52. The van der Waals surface area contributed by atoms with Crippen LogP contribution in [0.15, 0.2) is 42.5 Å². The van der Waals surface area contributed by atoms with Crippen molar-refractivity contribution < 1.29 is 24.2 Å². The Morgan fingerprint density at radius 2 is 2.06 bits per heavy atom. The Bertz CT molecular complexity index is 1240. The lowest BCUT2D eigenvalue weighted by molar-refractivity contribution is 0.0254. The molecule has 184 valence electrons. The van der Waals surface area contributed by atoms with Gasteiger partial charge < -0.3 is 20.7 Å². The number of rotatable bonds is 9. The third-order valence-corrected chi connectivity index (χ3v) is 5.80. The number of anilines is 1. The molecule has 2 atom stereocenters. The Hall–Kier alpha value is -3.60. The lowest BCUT2D eigenvalue weighted by atomic mass is 9.83. The Kier molecular flexibility index (Phi) is 7.54. The number of aryl methyl sites for hydroxylation is 1. The van der Waals surface area contributed by atoms with Crippen molar-refractivity contribution in [2.75, 3.05) is 26.1 Å². The first-order valence-electron chi connectivity index (χ1n) is 11.2. The summed E-state index contributed by atoms with van der Waals surface area (Å²) < 4.78 is 19.6. The van der Waals surface area contributed by atoms with Crippen LogP contribution in [0, 0.1) is 12.7 Å². The lowest BCUT2D eigenvalue weighted by Crippen LogP contribution is -2.24. The number of aromatic nitrogens is 3. The van der Waals surface area contributed by atoms with Gasteiger partial charge in [0.2, 0.25) is 11.8 Å². The van der Waals surface area contributed by atoms with E-state index in [0.717, 1.165) is 16.8 Å². The van der Waals surface area contributed by atoms with Gasteiger partial charge >= 0.3 is 0 Å². The van der Waals surface area contributed by atoms with E-state index in [1.165, 1.54) is 19.2 Å². The molecule has 0 unspecified atom stereocenters. The van der Waals surface area contributed by atoms with Crippen LogP contribution in [0.1, 0.15) is 34.9 Å². The van der Waals surface area contributed by atoms with Crippen molar-refractivity contribution >= 4 is 11.6 Å². The van der Waals surface area contributed by atoms with Gasteiger partial charge in [-0.2, -0.15) is 0 Å². The van der Waals surface area contributed by atoms with E-state index in [9.17, 15) is 9.50 Å². The Morgan fingerprint density at radius 1 is 1.23 bits per heavy atom. The number of methoxy groups -OCH3 is 1. The van der Waals surface area contributed by atoms with Crippen LogP contribution in [0.2, 0.25) is 0 Å². The number of halogens is 1. The number of nitrogens with one attached hydrogen (secondary N) is 1.